The lowest BCUT2D eigenvalue weighted by molar-refractivity contribution is -0.121. The molecule has 2 aromatic rings. The van der Waals surface area contributed by atoms with Crippen LogP contribution in [0.15, 0.2) is 30.3 Å². The third kappa shape index (κ3) is 4.80. The average Bonchev–Trinajstić information content (AvgIpc) is 2.83. The fourth-order valence-corrected chi connectivity index (χ4v) is 5.22. The van der Waals surface area contributed by atoms with E-state index in [1.54, 1.807) is 7.11 Å². The number of fused-ring (bicyclic) bond motifs is 1. The summed E-state index contributed by atoms with van der Waals surface area (Å²) in [6.07, 6.45) is 3.34. The van der Waals surface area contributed by atoms with E-state index in [0.29, 0.717) is 6.54 Å². The van der Waals surface area contributed by atoms with E-state index in [0.717, 1.165) is 78.3 Å². The average molecular weight is 479 g/mol. The second-order valence-electron chi connectivity index (χ2n) is 9.85. The molecule has 8 heteroatoms. The molecule has 5 rings (SSSR count). The van der Waals surface area contributed by atoms with E-state index in [4.69, 9.17) is 9.47 Å². The Morgan fingerprint density at radius 2 is 1.83 bits per heavy atom. The Morgan fingerprint density at radius 1 is 1.06 bits per heavy atom. The van der Waals surface area contributed by atoms with Gasteiger partial charge < -0.3 is 30.3 Å². The van der Waals surface area contributed by atoms with Crippen LogP contribution in [-0.2, 0) is 11.3 Å². The van der Waals surface area contributed by atoms with Crippen molar-refractivity contribution in [2.45, 2.75) is 58.2 Å². The zero-order chi connectivity index (χ0) is 24.5. The normalized spacial score (nSPS) is 22.0. The highest BCUT2D eigenvalue weighted by Crippen LogP contribution is 2.37. The number of aryl methyl sites for hydroxylation is 1. The van der Waals surface area contributed by atoms with Crippen LogP contribution < -0.4 is 25.4 Å². The first-order valence-electron chi connectivity index (χ1n) is 12.5. The third-order valence-electron chi connectivity index (χ3n) is 7.60. The molecule has 35 heavy (non-hydrogen) atoms. The standard InChI is InChI=1S/C27H34N4O4/c1-16-4-7-19(12-25(16)34-3)29-26(32)18-5-8-20(9-6-18)31-15-22-17(2)24(35-21-13-28-14-21)11-10-23(22)30-27(31)33/h4,7,10-12,18,20-21,28H,5-6,8-9,13-15H2,1-3H3,(H,29,32)(H,30,33). The number of carbonyl (C=O) groups is 2. The molecule has 2 heterocycles. The van der Waals surface area contributed by atoms with E-state index in [-0.39, 0.29) is 30.0 Å². The van der Waals surface area contributed by atoms with Crippen LogP contribution in [0.5, 0.6) is 11.5 Å². The Kier molecular flexibility index (Phi) is 6.56. The van der Waals surface area contributed by atoms with Gasteiger partial charge in [0.25, 0.3) is 0 Å². The van der Waals surface area contributed by atoms with E-state index >= 15 is 0 Å². The highest BCUT2D eigenvalue weighted by atomic mass is 16.5. The second-order valence-corrected chi connectivity index (χ2v) is 9.85. The summed E-state index contributed by atoms with van der Waals surface area (Å²) in [7, 11) is 1.63. The van der Waals surface area contributed by atoms with Gasteiger partial charge in [0.15, 0.2) is 0 Å². The van der Waals surface area contributed by atoms with E-state index in [1.165, 1.54) is 0 Å². The van der Waals surface area contributed by atoms with Crippen molar-refractivity contribution < 1.29 is 19.1 Å². The van der Waals surface area contributed by atoms with E-state index in [2.05, 4.69) is 22.9 Å². The van der Waals surface area contributed by atoms with Crippen molar-refractivity contribution in [1.29, 1.82) is 0 Å². The zero-order valence-electron chi connectivity index (χ0n) is 20.6. The maximum atomic E-state index is 12.9. The van der Waals surface area contributed by atoms with Crippen molar-refractivity contribution in [2.24, 2.45) is 5.92 Å². The van der Waals surface area contributed by atoms with Crippen molar-refractivity contribution in [2.75, 3.05) is 30.8 Å². The molecule has 0 radical (unpaired) electrons. The number of benzene rings is 2. The van der Waals surface area contributed by atoms with E-state index < -0.39 is 0 Å². The molecule has 2 aliphatic heterocycles. The molecule has 0 aromatic heterocycles. The Morgan fingerprint density at radius 3 is 2.51 bits per heavy atom. The zero-order valence-corrected chi connectivity index (χ0v) is 20.6. The summed E-state index contributed by atoms with van der Waals surface area (Å²) < 4.78 is 11.5. The Labute approximate surface area is 206 Å². The fraction of sp³-hybridized carbons (Fsp3) is 0.481. The summed E-state index contributed by atoms with van der Waals surface area (Å²) in [4.78, 5) is 27.7. The molecular formula is C27H34N4O4. The summed E-state index contributed by atoms with van der Waals surface area (Å²) in [6.45, 7) is 6.35. The molecule has 1 saturated carbocycles. The molecular weight excluding hydrogens is 444 g/mol. The van der Waals surface area contributed by atoms with Gasteiger partial charge in [0, 0.05) is 48.1 Å². The van der Waals surface area contributed by atoms with Gasteiger partial charge in [-0.1, -0.05) is 6.07 Å². The number of urea groups is 1. The summed E-state index contributed by atoms with van der Waals surface area (Å²) in [6, 6.07) is 9.66. The predicted molar refractivity (Wildman–Crippen MR) is 135 cm³/mol. The first-order chi connectivity index (χ1) is 16.9. The number of carbonyl (C=O) groups excluding carboxylic acids is 2. The first kappa shape index (κ1) is 23.5. The van der Waals surface area contributed by atoms with Gasteiger partial charge in [-0.05, 0) is 68.9 Å². The number of methoxy groups -OCH3 is 1. The minimum atomic E-state index is -0.0617. The number of anilines is 2. The van der Waals surface area contributed by atoms with Crippen LogP contribution in [0.3, 0.4) is 0 Å². The van der Waals surface area contributed by atoms with Crippen LogP contribution in [-0.4, -0.2) is 49.2 Å². The summed E-state index contributed by atoms with van der Waals surface area (Å²) in [5.41, 5.74) is 4.84. The summed E-state index contributed by atoms with van der Waals surface area (Å²) in [5.74, 6) is 1.62. The quantitative estimate of drug-likeness (QED) is 0.579. The van der Waals surface area contributed by atoms with Crippen LogP contribution in [0.2, 0.25) is 0 Å². The molecule has 2 aromatic carbocycles. The predicted octanol–water partition coefficient (Wildman–Crippen LogP) is 4.21. The van der Waals surface area contributed by atoms with Crippen molar-refractivity contribution in [3.8, 4) is 11.5 Å². The van der Waals surface area contributed by atoms with Crippen LogP contribution >= 0.6 is 0 Å². The number of hydrogen-bond donors (Lipinski definition) is 3. The van der Waals surface area contributed by atoms with Crippen LogP contribution in [0, 0.1) is 19.8 Å². The Balaban J connectivity index is 1.20. The maximum Gasteiger partial charge on any atom is 0.322 e. The Bertz CT molecular complexity index is 1120. The van der Waals surface area contributed by atoms with Gasteiger partial charge in [-0.2, -0.15) is 0 Å². The minimum absolute atomic E-state index is 0.0333. The molecule has 2 fully saturated rings. The van der Waals surface area contributed by atoms with Crippen molar-refractivity contribution in [3.05, 3.63) is 47.0 Å². The highest BCUT2D eigenvalue weighted by Gasteiger charge is 2.35. The molecule has 8 nitrogen and oxygen atoms in total. The van der Waals surface area contributed by atoms with Gasteiger partial charge in [0.05, 0.1) is 13.7 Å². The van der Waals surface area contributed by atoms with Gasteiger partial charge in [0.2, 0.25) is 5.91 Å². The van der Waals surface area contributed by atoms with Crippen LogP contribution in [0.1, 0.15) is 42.4 Å². The first-order valence-corrected chi connectivity index (χ1v) is 12.5. The van der Waals surface area contributed by atoms with E-state index in [1.807, 2.05) is 42.2 Å². The molecule has 0 unspecified atom stereocenters. The Hall–Kier alpha value is -3.26. The van der Waals surface area contributed by atoms with E-state index in [9.17, 15) is 9.59 Å². The molecule has 3 N–H and O–H groups in total. The SMILES string of the molecule is COc1cc(NC(=O)C2CCC(N3Cc4c(ccc(OC5CNC5)c4C)NC3=O)CC2)ccc1C. The van der Waals surface area contributed by atoms with Gasteiger partial charge in [-0.3, -0.25) is 4.79 Å². The third-order valence-corrected chi connectivity index (χ3v) is 7.60. The van der Waals surface area contributed by atoms with Gasteiger partial charge in [-0.15, -0.1) is 0 Å². The van der Waals surface area contributed by atoms with Gasteiger partial charge in [0.1, 0.15) is 17.6 Å². The van der Waals surface area contributed by atoms with Crippen LogP contribution in [0.4, 0.5) is 16.2 Å². The number of nitrogens with one attached hydrogen (secondary N) is 3. The molecule has 0 atom stereocenters. The topological polar surface area (TPSA) is 91.9 Å². The number of ether oxygens (including phenoxy) is 2. The minimum Gasteiger partial charge on any atom is -0.496 e. The van der Waals surface area contributed by atoms with Gasteiger partial charge in [-0.25, -0.2) is 4.79 Å². The number of hydrogen-bond acceptors (Lipinski definition) is 5. The van der Waals surface area contributed by atoms with Gasteiger partial charge >= 0.3 is 6.03 Å². The smallest absolute Gasteiger partial charge is 0.322 e. The molecule has 1 aliphatic carbocycles. The molecule has 3 amide bonds. The summed E-state index contributed by atoms with van der Waals surface area (Å²) >= 11 is 0. The number of nitrogens with zero attached hydrogens (tertiary/aromatic N) is 1. The lowest BCUT2D eigenvalue weighted by Crippen LogP contribution is -2.50. The number of amides is 3. The lowest BCUT2D eigenvalue weighted by Gasteiger charge is -2.40. The molecule has 0 bridgehead atoms. The van der Waals surface area contributed by atoms with Crippen molar-refractivity contribution >= 4 is 23.3 Å². The largest absolute Gasteiger partial charge is 0.496 e. The molecule has 1 saturated heterocycles. The number of rotatable bonds is 6. The highest BCUT2D eigenvalue weighted by molar-refractivity contribution is 5.94. The van der Waals surface area contributed by atoms with Crippen LogP contribution in [0.25, 0.3) is 0 Å². The lowest BCUT2D eigenvalue weighted by atomic mass is 9.84. The monoisotopic (exact) mass is 478 g/mol. The van der Waals surface area contributed by atoms with Crippen molar-refractivity contribution in [3.63, 3.8) is 0 Å². The summed E-state index contributed by atoms with van der Waals surface area (Å²) in [5, 5.41) is 9.33. The second kappa shape index (κ2) is 9.77. The molecule has 3 aliphatic rings. The maximum absolute atomic E-state index is 12.9. The molecule has 0 spiro atoms. The van der Waals surface area contributed by atoms with Crippen molar-refractivity contribution in [1.82, 2.24) is 10.2 Å². The fourth-order valence-electron chi connectivity index (χ4n) is 5.22. The molecule has 186 valence electrons.